The van der Waals surface area contributed by atoms with Crippen LogP contribution in [-0.4, -0.2) is 34.5 Å². The molecule has 94 valence electrons. The molecule has 2 aromatic heterocycles. The average Bonchev–Trinajstić information content (AvgIpc) is 2.91. The summed E-state index contributed by atoms with van der Waals surface area (Å²) in [7, 11) is 1.77. The number of H-pyrrole nitrogens is 1. The van der Waals surface area contributed by atoms with Crippen LogP contribution in [0.25, 0.3) is 0 Å². The van der Waals surface area contributed by atoms with E-state index in [2.05, 4.69) is 25.6 Å². The van der Waals surface area contributed by atoms with E-state index >= 15 is 0 Å². The van der Waals surface area contributed by atoms with E-state index in [0.717, 1.165) is 11.5 Å². The number of nitrogens with one attached hydrogen (secondary N) is 3. The number of hydrogen-bond acceptors (Lipinski definition) is 4. The number of rotatable bonds is 5. The highest BCUT2D eigenvalue weighted by molar-refractivity contribution is 5.99. The highest BCUT2D eigenvalue weighted by Gasteiger charge is 2.09. The summed E-state index contributed by atoms with van der Waals surface area (Å²) in [5, 5.41) is 5.79. The molecule has 2 rings (SSSR count). The van der Waals surface area contributed by atoms with E-state index in [4.69, 9.17) is 0 Å². The van der Waals surface area contributed by atoms with Gasteiger partial charge in [-0.05, 0) is 6.07 Å². The molecule has 0 bridgehead atoms. The van der Waals surface area contributed by atoms with Crippen LogP contribution >= 0.6 is 0 Å². The predicted molar refractivity (Wildman–Crippen MR) is 68.4 cm³/mol. The van der Waals surface area contributed by atoms with Crippen molar-refractivity contribution in [3.8, 4) is 0 Å². The van der Waals surface area contributed by atoms with Crippen molar-refractivity contribution in [3.05, 3.63) is 42.2 Å². The topological polar surface area (TPSA) is 82.7 Å². The number of aromatic amines is 1. The van der Waals surface area contributed by atoms with E-state index in [9.17, 15) is 4.79 Å². The zero-order valence-corrected chi connectivity index (χ0v) is 10.1. The molecule has 0 atom stereocenters. The molecule has 6 heteroatoms. The Morgan fingerprint density at radius 3 is 3.06 bits per heavy atom. The second-order valence-electron chi connectivity index (χ2n) is 3.71. The molecule has 0 fully saturated rings. The van der Waals surface area contributed by atoms with Gasteiger partial charge in [0.15, 0.2) is 0 Å². The molecule has 0 saturated carbocycles. The maximum atomic E-state index is 11.9. The van der Waals surface area contributed by atoms with Crippen molar-refractivity contribution < 1.29 is 4.79 Å². The second-order valence-corrected chi connectivity index (χ2v) is 3.71. The first-order chi connectivity index (χ1) is 8.81. The Bertz CT molecular complexity index is 509. The first kappa shape index (κ1) is 12.1. The molecule has 0 spiro atoms. The Balaban J connectivity index is 1.91. The molecule has 18 heavy (non-hydrogen) atoms. The Hall–Kier alpha value is -2.37. The molecule has 0 aromatic carbocycles. The highest BCUT2D eigenvalue weighted by atomic mass is 16.1. The van der Waals surface area contributed by atoms with E-state index in [-0.39, 0.29) is 5.91 Å². The molecule has 0 unspecified atom stereocenters. The van der Waals surface area contributed by atoms with Gasteiger partial charge in [0, 0.05) is 50.5 Å². The zero-order valence-electron chi connectivity index (χ0n) is 10.1. The van der Waals surface area contributed by atoms with Gasteiger partial charge in [-0.15, -0.1) is 0 Å². The van der Waals surface area contributed by atoms with E-state index < -0.39 is 0 Å². The largest absolute Gasteiger partial charge is 0.387 e. The average molecular weight is 245 g/mol. The minimum Gasteiger partial charge on any atom is -0.387 e. The van der Waals surface area contributed by atoms with Gasteiger partial charge in [-0.1, -0.05) is 0 Å². The van der Waals surface area contributed by atoms with Crippen molar-refractivity contribution in [2.24, 2.45) is 0 Å². The summed E-state index contributed by atoms with van der Waals surface area (Å²) in [4.78, 5) is 23.0. The second kappa shape index (κ2) is 5.81. The zero-order chi connectivity index (χ0) is 12.8. The maximum Gasteiger partial charge on any atom is 0.254 e. The summed E-state index contributed by atoms with van der Waals surface area (Å²) in [6.07, 6.45) is 7.32. The van der Waals surface area contributed by atoms with E-state index in [1.54, 1.807) is 37.9 Å². The third kappa shape index (κ3) is 2.85. The standard InChI is InChI=1S/C12H15N5O/c1-13-10-2-4-14-8-9(10)12(18)17-5-3-11-15-6-7-16-11/h2,4,6-8H,3,5H2,1H3,(H,13,14)(H,15,16)(H,17,18). The highest BCUT2D eigenvalue weighted by Crippen LogP contribution is 2.11. The summed E-state index contributed by atoms with van der Waals surface area (Å²) in [5.74, 6) is 0.717. The van der Waals surface area contributed by atoms with Crippen molar-refractivity contribution in [2.45, 2.75) is 6.42 Å². The number of imidazole rings is 1. The molecule has 2 heterocycles. The minimum atomic E-state index is -0.140. The number of hydrogen-bond donors (Lipinski definition) is 3. The first-order valence-electron chi connectivity index (χ1n) is 5.69. The fraction of sp³-hybridized carbons (Fsp3) is 0.250. The van der Waals surface area contributed by atoms with Gasteiger partial charge in [0.05, 0.1) is 5.56 Å². The van der Waals surface area contributed by atoms with Crippen LogP contribution in [0.1, 0.15) is 16.2 Å². The Kier molecular flexibility index (Phi) is 3.90. The quantitative estimate of drug-likeness (QED) is 0.728. The van der Waals surface area contributed by atoms with Gasteiger partial charge in [0.25, 0.3) is 5.91 Å². The SMILES string of the molecule is CNc1ccncc1C(=O)NCCc1ncc[nH]1. The molecular weight excluding hydrogens is 230 g/mol. The van der Waals surface area contributed by atoms with Crippen LogP contribution in [0.2, 0.25) is 0 Å². The van der Waals surface area contributed by atoms with Crippen LogP contribution in [0, 0.1) is 0 Å². The molecule has 0 aliphatic rings. The molecule has 0 aliphatic carbocycles. The van der Waals surface area contributed by atoms with Crippen LogP contribution in [0.5, 0.6) is 0 Å². The number of pyridine rings is 1. The molecule has 0 saturated heterocycles. The summed E-state index contributed by atoms with van der Waals surface area (Å²) in [5.41, 5.74) is 1.31. The number of nitrogens with zero attached hydrogens (tertiary/aromatic N) is 2. The van der Waals surface area contributed by atoms with E-state index in [1.807, 2.05) is 0 Å². The molecule has 1 amide bonds. The van der Waals surface area contributed by atoms with Crippen molar-refractivity contribution in [1.82, 2.24) is 20.3 Å². The third-order valence-electron chi connectivity index (χ3n) is 2.54. The monoisotopic (exact) mass is 245 g/mol. The fourth-order valence-electron chi connectivity index (χ4n) is 1.62. The van der Waals surface area contributed by atoms with Crippen molar-refractivity contribution >= 4 is 11.6 Å². The van der Waals surface area contributed by atoms with Crippen LogP contribution in [0.15, 0.2) is 30.9 Å². The lowest BCUT2D eigenvalue weighted by molar-refractivity contribution is 0.0954. The number of anilines is 1. The minimum absolute atomic E-state index is 0.140. The Morgan fingerprint density at radius 1 is 1.44 bits per heavy atom. The number of aromatic nitrogens is 3. The molecule has 2 aromatic rings. The molecular formula is C12H15N5O. The lowest BCUT2D eigenvalue weighted by Crippen LogP contribution is -2.26. The fourth-order valence-corrected chi connectivity index (χ4v) is 1.62. The summed E-state index contributed by atoms with van der Waals surface area (Å²) in [6, 6.07) is 1.77. The summed E-state index contributed by atoms with van der Waals surface area (Å²) >= 11 is 0. The lowest BCUT2D eigenvalue weighted by Gasteiger charge is -2.08. The number of carbonyl (C=O) groups is 1. The maximum absolute atomic E-state index is 11.9. The van der Waals surface area contributed by atoms with Gasteiger partial charge in [-0.2, -0.15) is 0 Å². The van der Waals surface area contributed by atoms with Crippen LogP contribution in [-0.2, 0) is 6.42 Å². The van der Waals surface area contributed by atoms with Crippen molar-refractivity contribution in [3.63, 3.8) is 0 Å². The molecule has 6 nitrogen and oxygen atoms in total. The van der Waals surface area contributed by atoms with Gasteiger partial charge in [-0.3, -0.25) is 9.78 Å². The van der Waals surface area contributed by atoms with Crippen molar-refractivity contribution in [1.29, 1.82) is 0 Å². The number of carbonyl (C=O) groups excluding carboxylic acids is 1. The van der Waals surface area contributed by atoms with Gasteiger partial charge in [0.2, 0.25) is 0 Å². The molecule has 3 N–H and O–H groups in total. The summed E-state index contributed by atoms with van der Waals surface area (Å²) in [6.45, 7) is 0.532. The van der Waals surface area contributed by atoms with Gasteiger partial charge < -0.3 is 15.6 Å². The van der Waals surface area contributed by atoms with Gasteiger partial charge in [0.1, 0.15) is 5.82 Å². The van der Waals surface area contributed by atoms with Crippen LogP contribution in [0.4, 0.5) is 5.69 Å². The molecule has 0 aliphatic heterocycles. The van der Waals surface area contributed by atoms with Gasteiger partial charge in [-0.25, -0.2) is 4.98 Å². The van der Waals surface area contributed by atoms with E-state index in [1.165, 1.54) is 0 Å². The normalized spacial score (nSPS) is 10.1. The molecule has 0 radical (unpaired) electrons. The van der Waals surface area contributed by atoms with Gasteiger partial charge >= 0.3 is 0 Å². The lowest BCUT2D eigenvalue weighted by atomic mass is 10.2. The Morgan fingerprint density at radius 2 is 2.33 bits per heavy atom. The number of amides is 1. The smallest absolute Gasteiger partial charge is 0.254 e. The summed E-state index contributed by atoms with van der Waals surface area (Å²) < 4.78 is 0. The van der Waals surface area contributed by atoms with Crippen LogP contribution in [0.3, 0.4) is 0 Å². The van der Waals surface area contributed by atoms with Crippen molar-refractivity contribution in [2.75, 3.05) is 18.9 Å². The Labute approximate surface area is 105 Å². The van der Waals surface area contributed by atoms with Crippen LogP contribution < -0.4 is 10.6 Å². The van der Waals surface area contributed by atoms with E-state index in [0.29, 0.717) is 18.5 Å². The third-order valence-corrected chi connectivity index (χ3v) is 2.54. The first-order valence-corrected chi connectivity index (χ1v) is 5.69. The predicted octanol–water partition coefficient (Wildman–Crippen LogP) is 0.819.